The van der Waals surface area contributed by atoms with Crippen LogP contribution in [0.1, 0.15) is 48.1 Å². The second-order valence-corrected chi connectivity index (χ2v) is 7.25. The van der Waals surface area contributed by atoms with Crippen LogP contribution in [-0.4, -0.2) is 25.9 Å². The van der Waals surface area contributed by atoms with Crippen molar-refractivity contribution in [2.24, 2.45) is 0 Å². The van der Waals surface area contributed by atoms with E-state index < -0.39 is 0 Å². The predicted molar refractivity (Wildman–Crippen MR) is 103 cm³/mol. The maximum atomic E-state index is 12.7. The van der Waals surface area contributed by atoms with Crippen molar-refractivity contribution >= 4 is 33.1 Å². The minimum atomic E-state index is -0.389. The van der Waals surface area contributed by atoms with Gasteiger partial charge in [0.2, 0.25) is 5.13 Å². The third kappa shape index (κ3) is 3.96. The fraction of sp³-hybridized carbons (Fsp3) is 0.389. The number of unbranched alkanes of at least 4 members (excludes halogenated alkanes) is 3. The molecule has 1 N–H and O–H groups in total. The highest BCUT2D eigenvalue weighted by molar-refractivity contribution is 7.15. The summed E-state index contributed by atoms with van der Waals surface area (Å²) in [4.78, 5) is 25.4. The third-order valence-electron chi connectivity index (χ3n) is 4.05. The standard InChI is InChI=1S/C18H21N5O2S/c1-3-4-5-8-11-23-17(25)14-10-7-6-9-13(14)15(22-23)16(24)19-18-21-20-12(2)26-18/h6-7,9-10H,3-5,8,11H2,1-2H3,(H,19,21,24). The Morgan fingerprint density at radius 2 is 1.92 bits per heavy atom. The summed E-state index contributed by atoms with van der Waals surface area (Å²) >= 11 is 1.29. The van der Waals surface area contributed by atoms with Gasteiger partial charge in [0.05, 0.1) is 5.39 Å². The molecule has 0 aliphatic heterocycles. The minimum absolute atomic E-state index is 0.166. The van der Waals surface area contributed by atoms with Gasteiger partial charge in [-0.25, -0.2) is 4.68 Å². The normalized spacial score (nSPS) is 11.0. The van der Waals surface area contributed by atoms with Crippen LogP contribution in [0.15, 0.2) is 29.1 Å². The molecule has 3 aromatic rings. The number of benzene rings is 1. The summed E-state index contributed by atoms with van der Waals surface area (Å²) in [5.74, 6) is -0.389. The molecular weight excluding hydrogens is 350 g/mol. The third-order valence-corrected chi connectivity index (χ3v) is 4.81. The first-order valence-electron chi connectivity index (χ1n) is 8.71. The van der Waals surface area contributed by atoms with Gasteiger partial charge in [-0.3, -0.25) is 14.9 Å². The minimum Gasteiger partial charge on any atom is -0.295 e. The van der Waals surface area contributed by atoms with E-state index in [1.54, 1.807) is 24.3 Å². The van der Waals surface area contributed by atoms with E-state index in [0.717, 1.165) is 30.7 Å². The topological polar surface area (TPSA) is 89.8 Å². The number of nitrogens with zero attached hydrogens (tertiary/aromatic N) is 4. The lowest BCUT2D eigenvalue weighted by molar-refractivity contribution is 0.102. The number of carbonyl (C=O) groups is 1. The van der Waals surface area contributed by atoms with Crippen molar-refractivity contribution in [2.75, 3.05) is 5.32 Å². The van der Waals surface area contributed by atoms with Crippen LogP contribution >= 0.6 is 11.3 Å². The molecule has 0 aliphatic rings. The Labute approximate surface area is 155 Å². The number of rotatable bonds is 7. The highest BCUT2D eigenvalue weighted by Gasteiger charge is 2.18. The summed E-state index contributed by atoms with van der Waals surface area (Å²) in [5, 5.41) is 17.1. The van der Waals surface area contributed by atoms with E-state index in [1.165, 1.54) is 16.0 Å². The van der Waals surface area contributed by atoms with E-state index in [1.807, 2.05) is 6.92 Å². The molecule has 0 radical (unpaired) electrons. The first-order chi connectivity index (χ1) is 12.6. The molecule has 1 amide bonds. The number of aryl methyl sites for hydroxylation is 2. The molecule has 0 fully saturated rings. The maximum Gasteiger partial charge on any atom is 0.278 e. The molecular formula is C18H21N5O2S. The van der Waals surface area contributed by atoms with Crippen molar-refractivity contribution in [3.63, 3.8) is 0 Å². The molecule has 26 heavy (non-hydrogen) atoms. The van der Waals surface area contributed by atoms with Gasteiger partial charge in [0, 0.05) is 11.9 Å². The Hall–Kier alpha value is -2.61. The van der Waals surface area contributed by atoms with Gasteiger partial charge in [0.25, 0.3) is 11.5 Å². The van der Waals surface area contributed by atoms with E-state index in [-0.39, 0.29) is 17.2 Å². The average Bonchev–Trinajstić information content (AvgIpc) is 3.05. The lowest BCUT2D eigenvalue weighted by Crippen LogP contribution is -2.27. The molecule has 136 valence electrons. The van der Waals surface area contributed by atoms with E-state index in [2.05, 4.69) is 27.5 Å². The number of anilines is 1. The number of aromatic nitrogens is 4. The number of amides is 1. The summed E-state index contributed by atoms with van der Waals surface area (Å²) in [6.45, 7) is 4.46. The molecule has 0 saturated carbocycles. The van der Waals surface area contributed by atoms with E-state index in [0.29, 0.717) is 22.4 Å². The summed E-state index contributed by atoms with van der Waals surface area (Å²) in [7, 11) is 0. The number of nitrogens with one attached hydrogen (secondary N) is 1. The van der Waals surface area contributed by atoms with Gasteiger partial charge in [0.15, 0.2) is 5.69 Å². The van der Waals surface area contributed by atoms with Crippen LogP contribution in [0.5, 0.6) is 0 Å². The summed E-state index contributed by atoms with van der Waals surface area (Å²) in [6, 6.07) is 7.06. The highest BCUT2D eigenvalue weighted by atomic mass is 32.1. The van der Waals surface area contributed by atoms with Crippen LogP contribution in [0.2, 0.25) is 0 Å². The van der Waals surface area contributed by atoms with Gasteiger partial charge in [-0.2, -0.15) is 5.10 Å². The molecule has 2 aromatic heterocycles. The zero-order valence-electron chi connectivity index (χ0n) is 14.9. The SMILES string of the molecule is CCCCCCn1nc(C(=O)Nc2nnc(C)s2)c2ccccc2c1=O. The van der Waals surface area contributed by atoms with E-state index in [4.69, 9.17) is 0 Å². The lowest BCUT2D eigenvalue weighted by Gasteiger charge is -2.10. The van der Waals surface area contributed by atoms with Crippen LogP contribution in [-0.2, 0) is 6.54 Å². The van der Waals surface area contributed by atoms with E-state index in [9.17, 15) is 9.59 Å². The van der Waals surface area contributed by atoms with Gasteiger partial charge in [0.1, 0.15) is 5.01 Å². The quantitative estimate of drug-likeness (QED) is 0.643. The smallest absolute Gasteiger partial charge is 0.278 e. The van der Waals surface area contributed by atoms with Crippen LogP contribution < -0.4 is 10.9 Å². The number of hydrogen-bond donors (Lipinski definition) is 1. The zero-order valence-corrected chi connectivity index (χ0v) is 15.7. The molecule has 1 aromatic carbocycles. The number of fused-ring (bicyclic) bond motifs is 1. The van der Waals surface area contributed by atoms with Crippen LogP contribution in [0.4, 0.5) is 5.13 Å². The van der Waals surface area contributed by atoms with Gasteiger partial charge in [-0.1, -0.05) is 55.7 Å². The van der Waals surface area contributed by atoms with Crippen molar-refractivity contribution in [2.45, 2.75) is 46.1 Å². The van der Waals surface area contributed by atoms with Gasteiger partial charge in [-0.05, 0) is 19.4 Å². The number of hydrogen-bond acceptors (Lipinski definition) is 6. The second kappa shape index (κ2) is 8.18. The average molecular weight is 371 g/mol. The summed E-state index contributed by atoms with van der Waals surface area (Å²) in [6.07, 6.45) is 4.12. The maximum absolute atomic E-state index is 12.7. The van der Waals surface area contributed by atoms with Crippen molar-refractivity contribution in [1.82, 2.24) is 20.0 Å². The fourth-order valence-electron chi connectivity index (χ4n) is 2.75. The Morgan fingerprint density at radius 3 is 2.62 bits per heavy atom. The Balaban J connectivity index is 1.95. The fourth-order valence-corrected chi connectivity index (χ4v) is 3.33. The summed E-state index contributed by atoms with van der Waals surface area (Å²) in [5.41, 5.74) is 0.0592. The molecule has 7 nitrogen and oxygen atoms in total. The zero-order chi connectivity index (χ0) is 18.5. The molecule has 0 spiro atoms. The van der Waals surface area contributed by atoms with Crippen LogP contribution in [0.3, 0.4) is 0 Å². The van der Waals surface area contributed by atoms with Gasteiger partial charge < -0.3 is 0 Å². The van der Waals surface area contributed by atoms with Crippen LogP contribution in [0.25, 0.3) is 10.8 Å². The summed E-state index contributed by atoms with van der Waals surface area (Å²) < 4.78 is 1.40. The highest BCUT2D eigenvalue weighted by Crippen LogP contribution is 2.18. The first kappa shape index (κ1) is 18.2. The second-order valence-electron chi connectivity index (χ2n) is 6.06. The first-order valence-corrected chi connectivity index (χ1v) is 9.53. The molecule has 0 atom stereocenters. The van der Waals surface area contributed by atoms with Gasteiger partial charge in [-0.15, -0.1) is 10.2 Å². The molecule has 0 unspecified atom stereocenters. The Bertz CT molecular complexity index is 979. The Kier molecular flexibility index (Phi) is 5.72. The number of carbonyl (C=O) groups excluding carboxylic acids is 1. The van der Waals surface area contributed by atoms with Crippen molar-refractivity contribution in [1.29, 1.82) is 0 Å². The van der Waals surface area contributed by atoms with Crippen molar-refractivity contribution < 1.29 is 4.79 Å². The van der Waals surface area contributed by atoms with Crippen LogP contribution in [0, 0.1) is 6.92 Å². The van der Waals surface area contributed by atoms with Gasteiger partial charge >= 0.3 is 0 Å². The predicted octanol–water partition coefficient (Wildman–Crippen LogP) is 3.39. The van der Waals surface area contributed by atoms with E-state index >= 15 is 0 Å². The monoisotopic (exact) mass is 371 g/mol. The Morgan fingerprint density at radius 1 is 1.15 bits per heavy atom. The molecule has 2 heterocycles. The lowest BCUT2D eigenvalue weighted by atomic mass is 10.1. The molecule has 0 bridgehead atoms. The van der Waals surface area contributed by atoms with Crippen molar-refractivity contribution in [3.05, 3.63) is 45.3 Å². The molecule has 0 aliphatic carbocycles. The molecule has 3 rings (SSSR count). The molecule has 8 heteroatoms. The van der Waals surface area contributed by atoms with Crippen molar-refractivity contribution in [3.8, 4) is 0 Å². The largest absolute Gasteiger partial charge is 0.295 e. The molecule has 0 saturated heterocycles.